The van der Waals surface area contributed by atoms with Crippen molar-refractivity contribution in [1.82, 2.24) is 0 Å². The molecule has 0 amide bonds. The summed E-state index contributed by atoms with van der Waals surface area (Å²) in [5.74, 6) is 0.198. The maximum Gasteiger partial charge on any atom is 0.417 e. The molecule has 1 aromatic rings. The van der Waals surface area contributed by atoms with Gasteiger partial charge in [-0.2, -0.15) is 0 Å². The Labute approximate surface area is 64.2 Å². The molecule has 0 aromatic heterocycles. The van der Waals surface area contributed by atoms with Gasteiger partial charge in [-0.05, 0) is 17.7 Å². The highest BCUT2D eigenvalue weighted by atomic mass is 16.5. The van der Waals surface area contributed by atoms with Crippen LogP contribution in [-0.2, 0) is 16.1 Å². The van der Waals surface area contributed by atoms with E-state index < -0.39 is 0 Å². The normalized spacial score (nSPS) is 9.09. The van der Waals surface area contributed by atoms with Gasteiger partial charge in [0.1, 0.15) is 12.4 Å². The van der Waals surface area contributed by atoms with E-state index in [1.165, 1.54) is 18.6 Å². The monoisotopic (exact) mass is 151 g/mol. The first-order chi connectivity index (χ1) is 5.33. The molecule has 0 atom stereocenters. The van der Waals surface area contributed by atoms with E-state index in [0.717, 1.165) is 5.56 Å². The molecule has 0 fully saturated rings. The summed E-state index contributed by atoms with van der Waals surface area (Å²) in [6.07, 6.45) is 0. The van der Waals surface area contributed by atoms with Crippen LogP contribution in [0.2, 0.25) is 0 Å². The summed E-state index contributed by atoms with van der Waals surface area (Å²) in [6.45, 7) is 1.52. The highest BCUT2D eigenvalue weighted by Gasteiger charge is 1.91. The average Bonchev–Trinajstić information content (AvgIpc) is 2.04. The third-order valence-electron chi connectivity index (χ3n) is 1.23. The Morgan fingerprint density at radius 1 is 1.36 bits per heavy atom. The number of ether oxygens (including phenoxy) is 1. The van der Waals surface area contributed by atoms with Gasteiger partial charge in [0.15, 0.2) is 0 Å². The number of aromatic hydroxyl groups is 1. The number of hydrogen-bond acceptors (Lipinski definition) is 3. The lowest BCUT2D eigenvalue weighted by atomic mass is 10.2. The Kier molecular flexibility index (Phi) is 2.49. The van der Waals surface area contributed by atoms with E-state index in [9.17, 15) is 4.79 Å². The van der Waals surface area contributed by atoms with Crippen molar-refractivity contribution in [3.8, 4) is 5.75 Å². The van der Waals surface area contributed by atoms with Gasteiger partial charge in [0, 0.05) is 0 Å². The molecule has 0 heterocycles. The first kappa shape index (κ1) is 7.60. The van der Waals surface area contributed by atoms with Gasteiger partial charge in [-0.1, -0.05) is 12.1 Å². The summed E-state index contributed by atoms with van der Waals surface area (Å²) in [6, 6.07) is 6.41. The number of phenols is 1. The van der Waals surface area contributed by atoms with Gasteiger partial charge in [-0.15, -0.1) is 0 Å². The number of carbonyl (C=O) groups excluding carboxylic acids is 1. The number of rotatable bonds is 3. The molecule has 1 aromatic carbocycles. The molecule has 11 heavy (non-hydrogen) atoms. The van der Waals surface area contributed by atoms with Crippen molar-refractivity contribution in [2.75, 3.05) is 0 Å². The van der Waals surface area contributed by atoms with Gasteiger partial charge in [-0.3, -0.25) is 0 Å². The van der Waals surface area contributed by atoms with Crippen LogP contribution in [-0.4, -0.2) is 11.6 Å². The molecule has 0 spiro atoms. The molecule has 1 radical (unpaired) electrons. The van der Waals surface area contributed by atoms with Gasteiger partial charge in [0.05, 0.1) is 0 Å². The van der Waals surface area contributed by atoms with Crippen LogP contribution in [0.5, 0.6) is 5.75 Å². The molecule has 0 saturated carbocycles. The smallest absolute Gasteiger partial charge is 0.417 e. The molecule has 3 heteroatoms. The fourth-order valence-corrected chi connectivity index (χ4v) is 0.705. The second-order valence-corrected chi connectivity index (χ2v) is 2.04. The molecule has 57 valence electrons. The summed E-state index contributed by atoms with van der Waals surface area (Å²) >= 11 is 0. The second kappa shape index (κ2) is 3.61. The lowest BCUT2D eigenvalue weighted by molar-refractivity contribution is 0.267. The highest BCUT2D eigenvalue weighted by molar-refractivity contribution is 5.38. The van der Waals surface area contributed by atoms with Crippen LogP contribution in [0, 0.1) is 0 Å². The van der Waals surface area contributed by atoms with Crippen molar-refractivity contribution in [2.24, 2.45) is 0 Å². The van der Waals surface area contributed by atoms with Gasteiger partial charge in [0.2, 0.25) is 0 Å². The molecule has 3 nitrogen and oxygen atoms in total. The predicted octanol–water partition coefficient (Wildman–Crippen LogP) is 0.976. The quantitative estimate of drug-likeness (QED) is 0.700. The molecule has 0 unspecified atom stereocenters. The van der Waals surface area contributed by atoms with E-state index in [4.69, 9.17) is 5.11 Å². The van der Waals surface area contributed by atoms with E-state index in [0.29, 0.717) is 0 Å². The largest absolute Gasteiger partial charge is 0.508 e. The molecule has 1 rings (SSSR count). The molecule has 0 aliphatic rings. The predicted molar refractivity (Wildman–Crippen MR) is 38.6 cm³/mol. The standard InChI is InChI=1S/C8H7O3/c9-6-11-5-7-1-3-8(10)4-2-7/h1-4,10H,5H2. The Bertz CT molecular complexity index is 228. The first-order valence-corrected chi connectivity index (χ1v) is 3.10. The Morgan fingerprint density at radius 2 is 2.00 bits per heavy atom. The Morgan fingerprint density at radius 3 is 2.55 bits per heavy atom. The topological polar surface area (TPSA) is 46.5 Å². The Hall–Kier alpha value is -1.51. The van der Waals surface area contributed by atoms with Crippen molar-refractivity contribution in [2.45, 2.75) is 6.61 Å². The number of hydrogen-bond donors (Lipinski definition) is 1. The van der Waals surface area contributed by atoms with Gasteiger partial charge in [0.25, 0.3) is 0 Å². The molecular weight excluding hydrogens is 144 g/mol. The van der Waals surface area contributed by atoms with E-state index in [2.05, 4.69) is 4.74 Å². The fraction of sp³-hybridized carbons (Fsp3) is 0.125. The lowest BCUT2D eigenvalue weighted by Gasteiger charge is -1.97. The van der Waals surface area contributed by atoms with Gasteiger partial charge < -0.3 is 9.84 Å². The minimum absolute atomic E-state index is 0.198. The van der Waals surface area contributed by atoms with Crippen molar-refractivity contribution < 1.29 is 14.6 Å². The maximum atomic E-state index is 9.65. The van der Waals surface area contributed by atoms with E-state index in [-0.39, 0.29) is 12.4 Å². The first-order valence-electron chi connectivity index (χ1n) is 3.10. The maximum absolute atomic E-state index is 9.65. The van der Waals surface area contributed by atoms with Crippen LogP contribution in [0.1, 0.15) is 5.56 Å². The van der Waals surface area contributed by atoms with Gasteiger partial charge in [-0.25, -0.2) is 4.79 Å². The summed E-state index contributed by atoms with van der Waals surface area (Å²) in [5, 5.41) is 8.86. The van der Waals surface area contributed by atoms with Crippen molar-refractivity contribution in [3.63, 3.8) is 0 Å². The zero-order chi connectivity index (χ0) is 8.10. The summed E-state index contributed by atoms with van der Waals surface area (Å²) in [7, 11) is 0. The number of benzene rings is 1. The summed E-state index contributed by atoms with van der Waals surface area (Å²) < 4.78 is 4.37. The zero-order valence-corrected chi connectivity index (χ0v) is 5.78. The number of phenolic OH excluding ortho intramolecular Hbond substituents is 1. The minimum atomic E-state index is 0.198. The Balaban J connectivity index is 2.58. The van der Waals surface area contributed by atoms with E-state index in [1.54, 1.807) is 12.1 Å². The molecule has 0 saturated heterocycles. The van der Waals surface area contributed by atoms with Crippen molar-refractivity contribution in [3.05, 3.63) is 29.8 Å². The average molecular weight is 151 g/mol. The molecule has 0 aliphatic heterocycles. The molecule has 1 N–H and O–H groups in total. The SMILES string of the molecule is O=[C]OCc1ccc(O)cc1. The third-order valence-corrected chi connectivity index (χ3v) is 1.23. The van der Waals surface area contributed by atoms with Crippen molar-refractivity contribution in [1.29, 1.82) is 0 Å². The van der Waals surface area contributed by atoms with Gasteiger partial charge >= 0.3 is 6.47 Å². The van der Waals surface area contributed by atoms with Crippen LogP contribution >= 0.6 is 0 Å². The third kappa shape index (κ3) is 2.29. The van der Waals surface area contributed by atoms with E-state index >= 15 is 0 Å². The fourth-order valence-electron chi connectivity index (χ4n) is 0.705. The van der Waals surface area contributed by atoms with Crippen LogP contribution in [0.4, 0.5) is 0 Å². The molecular formula is C8H7O3. The summed E-state index contributed by atoms with van der Waals surface area (Å²) in [4.78, 5) is 9.65. The van der Waals surface area contributed by atoms with E-state index in [1.807, 2.05) is 0 Å². The second-order valence-electron chi connectivity index (χ2n) is 2.04. The zero-order valence-electron chi connectivity index (χ0n) is 5.78. The van der Waals surface area contributed by atoms with Crippen LogP contribution < -0.4 is 0 Å². The highest BCUT2D eigenvalue weighted by Crippen LogP contribution is 2.09. The summed E-state index contributed by atoms with van der Waals surface area (Å²) in [5.41, 5.74) is 0.825. The minimum Gasteiger partial charge on any atom is -0.508 e. The van der Waals surface area contributed by atoms with Crippen molar-refractivity contribution >= 4 is 6.47 Å². The van der Waals surface area contributed by atoms with Crippen LogP contribution in [0.3, 0.4) is 0 Å². The van der Waals surface area contributed by atoms with Crippen LogP contribution in [0.15, 0.2) is 24.3 Å². The molecule has 0 aliphatic carbocycles. The van der Waals surface area contributed by atoms with Crippen LogP contribution in [0.25, 0.3) is 0 Å². The lowest BCUT2D eigenvalue weighted by Crippen LogP contribution is -1.88. The molecule has 0 bridgehead atoms.